The molecule has 3 unspecified atom stereocenters. The number of rotatable bonds is 9. The Labute approximate surface area is 114 Å². The van der Waals surface area contributed by atoms with Gasteiger partial charge < -0.3 is 10.1 Å². The van der Waals surface area contributed by atoms with E-state index >= 15 is 0 Å². The van der Waals surface area contributed by atoms with Crippen LogP contribution in [0.15, 0.2) is 0 Å². The second-order valence-corrected chi connectivity index (χ2v) is 5.83. The van der Waals surface area contributed by atoms with Crippen molar-refractivity contribution in [2.75, 3.05) is 13.2 Å². The van der Waals surface area contributed by atoms with E-state index in [0.717, 1.165) is 12.5 Å². The molecule has 3 atom stereocenters. The summed E-state index contributed by atoms with van der Waals surface area (Å²) in [6, 6.07) is 0.700. The number of hydrogen-bond donors (Lipinski definition) is 1. The summed E-state index contributed by atoms with van der Waals surface area (Å²) >= 11 is 0. The van der Waals surface area contributed by atoms with Gasteiger partial charge in [-0.05, 0) is 38.1 Å². The first-order chi connectivity index (χ1) is 8.80. The highest BCUT2D eigenvalue weighted by atomic mass is 16.5. The monoisotopic (exact) mass is 255 g/mol. The third kappa shape index (κ3) is 6.19. The molecule has 1 aliphatic heterocycles. The van der Waals surface area contributed by atoms with Crippen molar-refractivity contribution in [1.82, 2.24) is 5.32 Å². The minimum Gasteiger partial charge on any atom is -0.378 e. The Kier molecular flexibility index (Phi) is 8.70. The molecule has 1 N–H and O–H groups in total. The molecule has 0 radical (unpaired) electrons. The van der Waals surface area contributed by atoms with Crippen LogP contribution < -0.4 is 5.32 Å². The highest BCUT2D eigenvalue weighted by Gasteiger charge is 2.22. The first kappa shape index (κ1) is 16.0. The SMILES string of the molecule is CCCCC(CC)CNC1CCOC(CCC)C1. The Balaban J connectivity index is 2.20. The van der Waals surface area contributed by atoms with Crippen molar-refractivity contribution in [3.8, 4) is 0 Å². The zero-order chi connectivity index (χ0) is 13.2. The predicted octanol–water partition coefficient (Wildman–Crippen LogP) is 4.14. The smallest absolute Gasteiger partial charge is 0.0589 e. The lowest BCUT2D eigenvalue weighted by atomic mass is 9.96. The van der Waals surface area contributed by atoms with E-state index in [0.29, 0.717) is 12.1 Å². The van der Waals surface area contributed by atoms with E-state index in [1.54, 1.807) is 0 Å². The van der Waals surface area contributed by atoms with E-state index in [1.165, 1.54) is 57.9 Å². The molecular weight excluding hydrogens is 222 g/mol. The van der Waals surface area contributed by atoms with Crippen LogP contribution in [0.25, 0.3) is 0 Å². The van der Waals surface area contributed by atoms with Crippen LogP contribution in [0.3, 0.4) is 0 Å². The Bertz CT molecular complexity index is 194. The number of unbranched alkanes of at least 4 members (excludes halogenated alkanes) is 1. The largest absolute Gasteiger partial charge is 0.378 e. The van der Waals surface area contributed by atoms with E-state index in [2.05, 4.69) is 26.1 Å². The van der Waals surface area contributed by atoms with Gasteiger partial charge in [-0.2, -0.15) is 0 Å². The zero-order valence-electron chi connectivity index (χ0n) is 12.7. The van der Waals surface area contributed by atoms with Crippen LogP contribution in [-0.4, -0.2) is 25.3 Å². The van der Waals surface area contributed by atoms with E-state index in [9.17, 15) is 0 Å². The molecule has 1 heterocycles. The molecule has 2 nitrogen and oxygen atoms in total. The molecule has 0 aromatic heterocycles. The standard InChI is InChI=1S/C16H33NO/c1-4-7-9-14(6-3)13-17-15-10-11-18-16(12-15)8-5-2/h14-17H,4-13H2,1-3H3. The molecule has 2 heteroatoms. The molecule has 0 aliphatic carbocycles. The fourth-order valence-electron chi connectivity index (χ4n) is 2.87. The molecular formula is C16H33NO. The topological polar surface area (TPSA) is 21.3 Å². The lowest BCUT2D eigenvalue weighted by Gasteiger charge is -2.31. The highest BCUT2D eigenvalue weighted by Crippen LogP contribution is 2.19. The van der Waals surface area contributed by atoms with Crippen LogP contribution in [0.5, 0.6) is 0 Å². The molecule has 1 fully saturated rings. The lowest BCUT2D eigenvalue weighted by molar-refractivity contribution is -0.00376. The highest BCUT2D eigenvalue weighted by molar-refractivity contribution is 4.77. The zero-order valence-corrected chi connectivity index (χ0v) is 12.7. The second-order valence-electron chi connectivity index (χ2n) is 5.83. The van der Waals surface area contributed by atoms with Crippen molar-refractivity contribution in [2.45, 2.75) is 84.3 Å². The van der Waals surface area contributed by atoms with Gasteiger partial charge in [0.25, 0.3) is 0 Å². The van der Waals surface area contributed by atoms with Gasteiger partial charge in [0.2, 0.25) is 0 Å². The summed E-state index contributed by atoms with van der Waals surface area (Å²) < 4.78 is 5.81. The quantitative estimate of drug-likeness (QED) is 0.668. The molecule has 0 aromatic rings. The number of ether oxygens (including phenoxy) is 1. The summed E-state index contributed by atoms with van der Waals surface area (Å²) in [5.41, 5.74) is 0. The molecule has 0 saturated carbocycles. The Hall–Kier alpha value is -0.0800. The van der Waals surface area contributed by atoms with Crippen LogP contribution in [-0.2, 0) is 4.74 Å². The molecule has 1 saturated heterocycles. The van der Waals surface area contributed by atoms with Gasteiger partial charge in [-0.1, -0.05) is 46.5 Å². The van der Waals surface area contributed by atoms with E-state index in [-0.39, 0.29) is 0 Å². The molecule has 0 aromatic carbocycles. The van der Waals surface area contributed by atoms with Crippen molar-refractivity contribution >= 4 is 0 Å². The van der Waals surface area contributed by atoms with Crippen LogP contribution in [0, 0.1) is 5.92 Å². The molecule has 108 valence electrons. The maximum atomic E-state index is 5.81. The third-order valence-electron chi connectivity index (χ3n) is 4.22. The second kappa shape index (κ2) is 9.80. The van der Waals surface area contributed by atoms with Crippen LogP contribution in [0.1, 0.15) is 72.1 Å². The van der Waals surface area contributed by atoms with Gasteiger partial charge in [0.05, 0.1) is 6.10 Å². The van der Waals surface area contributed by atoms with Crippen molar-refractivity contribution in [2.24, 2.45) is 5.92 Å². The summed E-state index contributed by atoms with van der Waals surface area (Å²) in [5, 5.41) is 3.79. The van der Waals surface area contributed by atoms with Gasteiger partial charge in [0.15, 0.2) is 0 Å². The summed E-state index contributed by atoms with van der Waals surface area (Å²) in [4.78, 5) is 0. The average molecular weight is 255 g/mol. The molecule has 0 bridgehead atoms. The number of hydrogen-bond acceptors (Lipinski definition) is 2. The average Bonchev–Trinajstić information content (AvgIpc) is 2.40. The van der Waals surface area contributed by atoms with Gasteiger partial charge in [-0.15, -0.1) is 0 Å². The van der Waals surface area contributed by atoms with Gasteiger partial charge in [-0.3, -0.25) is 0 Å². The maximum absolute atomic E-state index is 5.81. The maximum Gasteiger partial charge on any atom is 0.0589 e. The number of nitrogens with one attached hydrogen (secondary N) is 1. The minimum atomic E-state index is 0.511. The van der Waals surface area contributed by atoms with Gasteiger partial charge in [-0.25, -0.2) is 0 Å². The predicted molar refractivity (Wildman–Crippen MR) is 79.0 cm³/mol. The fourth-order valence-corrected chi connectivity index (χ4v) is 2.87. The van der Waals surface area contributed by atoms with Gasteiger partial charge in [0, 0.05) is 12.6 Å². The Morgan fingerprint density at radius 3 is 2.72 bits per heavy atom. The molecule has 0 spiro atoms. The van der Waals surface area contributed by atoms with E-state index in [4.69, 9.17) is 4.74 Å². The third-order valence-corrected chi connectivity index (χ3v) is 4.22. The molecule has 0 amide bonds. The Morgan fingerprint density at radius 2 is 2.06 bits per heavy atom. The first-order valence-electron chi connectivity index (χ1n) is 8.15. The summed E-state index contributed by atoms with van der Waals surface area (Å²) in [6.07, 6.45) is 10.8. The molecule has 1 rings (SSSR count). The van der Waals surface area contributed by atoms with Crippen LogP contribution in [0.2, 0.25) is 0 Å². The van der Waals surface area contributed by atoms with Crippen molar-refractivity contribution < 1.29 is 4.74 Å². The van der Waals surface area contributed by atoms with E-state index in [1.807, 2.05) is 0 Å². The lowest BCUT2D eigenvalue weighted by Crippen LogP contribution is -2.41. The Morgan fingerprint density at radius 1 is 1.22 bits per heavy atom. The summed E-state index contributed by atoms with van der Waals surface area (Å²) in [6.45, 7) is 9.02. The molecule has 18 heavy (non-hydrogen) atoms. The van der Waals surface area contributed by atoms with E-state index < -0.39 is 0 Å². The van der Waals surface area contributed by atoms with Crippen LogP contribution in [0.4, 0.5) is 0 Å². The fraction of sp³-hybridized carbons (Fsp3) is 1.00. The first-order valence-corrected chi connectivity index (χ1v) is 8.15. The van der Waals surface area contributed by atoms with Crippen molar-refractivity contribution in [3.63, 3.8) is 0 Å². The summed E-state index contributed by atoms with van der Waals surface area (Å²) in [5.74, 6) is 0.873. The van der Waals surface area contributed by atoms with Gasteiger partial charge >= 0.3 is 0 Å². The van der Waals surface area contributed by atoms with Crippen molar-refractivity contribution in [1.29, 1.82) is 0 Å². The van der Waals surface area contributed by atoms with Gasteiger partial charge in [0.1, 0.15) is 0 Å². The minimum absolute atomic E-state index is 0.511. The van der Waals surface area contributed by atoms with Crippen molar-refractivity contribution in [3.05, 3.63) is 0 Å². The normalized spacial score (nSPS) is 26.2. The molecule has 1 aliphatic rings. The summed E-state index contributed by atoms with van der Waals surface area (Å²) in [7, 11) is 0. The van der Waals surface area contributed by atoms with Crippen LogP contribution >= 0.6 is 0 Å².